The van der Waals surface area contributed by atoms with Crippen molar-refractivity contribution < 1.29 is 0 Å². The first-order chi connectivity index (χ1) is 5.29. The maximum absolute atomic E-state index is 8.58. The van der Waals surface area contributed by atoms with Crippen molar-refractivity contribution >= 4 is 11.6 Å². The van der Waals surface area contributed by atoms with E-state index in [0.717, 1.165) is 12.1 Å². The molecule has 1 rings (SSSR count). The molecule has 0 amide bonds. The standard InChI is InChI=1S/C8H7ClN2/c1-2-7-8(9)6(5-10)3-4-11-7/h3-4H,2H2,1H3. The fraction of sp³-hybridized carbons (Fsp3) is 0.250. The van der Waals surface area contributed by atoms with Crippen LogP contribution in [0.5, 0.6) is 0 Å². The predicted octanol–water partition coefficient (Wildman–Crippen LogP) is 2.17. The molecule has 0 N–H and O–H groups in total. The molecule has 1 heterocycles. The van der Waals surface area contributed by atoms with Gasteiger partial charge >= 0.3 is 0 Å². The molecule has 0 fully saturated rings. The average molecular weight is 167 g/mol. The monoisotopic (exact) mass is 166 g/mol. The fourth-order valence-corrected chi connectivity index (χ4v) is 1.11. The molecule has 3 heteroatoms. The van der Waals surface area contributed by atoms with Gasteiger partial charge in [-0.25, -0.2) is 0 Å². The van der Waals surface area contributed by atoms with E-state index in [2.05, 4.69) is 4.98 Å². The minimum atomic E-state index is 0.484. The topological polar surface area (TPSA) is 36.7 Å². The molecular formula is C8H7ClN2. The summed E-state index contributed by atoms with van der Waals surface area (Å²) in [5.41, 5.74) is 1.28. The maximum Gasteiger partial charge on any atom is 0.101 e. The second kappa shape index (κ2) is 3.36. The summed E-state index contributed by atoms with van der Waals surface area (Å²) >= 11 is 5.82. The van der Waals surface area contributed by atoms with Gasteiger partial charge in [0.05, 0.1) is 16.3 Å². The third-order valence-electron chi connectivity index (χ3n) is 1.42. The summed E-state index contributed by atoms with van der Waals surface area (Å²) < 4.78 is 0. The highest BCUT2D eigenvalue weighted by Gasteiger charge is 2.03. The van der Waals surface area contributed by atoms with Crippen molar-refractivity contribution in [2.75, 3.05) is 0 Å². The van der Waals surface area contributed by atoms with Gasteiger partial charge in [-0.05, 0) is 12.5 Å². The van der Waals surface area contributed by atoms with Crippen LogP contribution in [0, 0.1) is 11.3 Å². The Morgan fingerprint density at radius 3 is 3.00 bits per heavy atom. The van der Waals surface area contributed by atoms with Crippen molar-refractivity contribution in [3.8, 4) is 6.07 Å². The van der Waals surface area contributed by atoms with Crippen LogP contribution in [-0.2, 0) is 6.42 Å². The Bertz CT molecular complexity index is 301. The van der Waals surface area contributed by atoms with Crippen molar-refractivity contribution in [2.24, 2.45) is 0 Å². The molecule has 0 saturated carbocycles. The van der Waals surface area contributed by atoms with Gasteiger partial charge < -0.3 is 0 Å². The van der Waals surface area contributed by atoms with Crippen LogP contribution >= 0.6 is 11.6 Å². The lowest BCUT2D eigenvalue weighted by atomic mass is 10.2. The highest BCUT2D eigenvalue weighted by atomic mass is 35.5. The molecule has 11 heavy (non-hydrogen) atoms. The van der Waals surface area contributed by atoms with Crippen molar-refractivity contribution in [1.29, 1.82) is 5.26 Å². The maximum atomic E-state index is 8.58. The van der Waals surface area contributed by atoms with Crippen molar-refractivity contribution in [1.82, 2.24) is 4.98 Å². The summed E-state index contributed by atoms with van der Waals surface area (Å²) in [6.07, 6.45) is 2.36. The quantitative estimate of drug-likeness (QED) is 0.641. The van der Waals surface area contributed by atoms with Gasteiger partial charge in [0.15, 0.2) is 0 Å². The lowest BCUT2D eigenvalue weighted by molar-refractivity contribution is 1.03. The summed E-state index contributed by atoms with van der Waals surface area (Å²) in [5.74, 6) is 0. The smallest absolute Gasteiger partial charge is 0.101 e. The van der Waals surface area contributed by atoms with Gasteiger partial charge in [0.2, 0.25) is 0 Å². The molecule has 1 aromatic heterocycles. The van der Waals surface area contributed by atoms with Crippen LogP contribution in [0.3, 0.4) is 0 Å². The van der Waals surface area contributed by atoms with E-state index >= 15 is 0 Å². The van der Waals surface area contributed by atoms with Gasteiger partial charge in [-0.15, -0.1) is 0 Å². The van der Waals surface area contributed by atoms with Gasteiger partial charge in [0.1, 0.15) is 6.07 Å². The highest BCUT2D eigenvalue weighted by molar-refractivity contribution is 6.32. The van der Waals surface area contributed by atoms with Crippen molar-refractivity contribution in [2.45, 2.75) is 13.3 Å². The van der Waals surface area contributed by atoms with Crippen LogP contribution in [0.2, 0.25) is 5.02 Å². The van der Waals surface area contributed by atoms with Crippen LogP contribution in [0.15, 0.2) is 12.3 Å². The first-order valence-corrected chi connectivity index (χ1v) is 3.71. The van der Waals surface area contributed by atoms with Crippen LogP contribution in [0.4, 0.5) is 0 Å². The Morgan fingerprint density at radius 2 is 2.45 bits per heavy atom. The second-order valence-electron chi connectivity index (χ2n) is 2.08. The number of pyridine rings is 1. The molecule has 0 aliphatic heterocycles. The minimum Gasteiger partial charge on any atom is -0.260 e. The third kappa shape index (κ3) is 1.50. The van der Waals surface area contributed by atoms with E-state index in [0.29, 0.717) is 10.6 Å². The molecule has 0 unspecified atom stereocenters. The summed E-state index contributed by atoms with van der Waals surface area (Å²) in [5, 5.41) is 9.06. The molecule has 2 nitrogen and oxygen atoms in total. The Kier molecular flexibility index (Phi) is 2.45. The Balaban J connectivity index is 3.23. The van der Waals surface area contributed by atoms with E-state index < -0.39 is 0 Å². The van der Waals surface area contributed by atoms with E-state index in [-0.39, 0.29) is 0 Å². The van der Waals surface area contributed by atoms with Gasteiger partial charge in [0.25, 0.3) is 0 Å². The number of aryl methyl sites for hydroxylation is 1. The predicted molar refractivity (Wildman–Crippen MR) is 43.3 cm³/mol. The van der Waals surface area contributed by atoms with Gasteiger partial charge in [-0.2, -0.15) is 5.26 Å². The molecule has 56 valence electrons. The molecule has 0 bridgehead atoms. The number of hydrogen-bond acceptors (Lipinski definition) is 2. The first kappa shape index (κ1) is 8.03. The largest absolute Gasteiger partial charge is 0.260 e. The number of aromatic nitrogens is 1. The van der Waals surface area contributed by atoms with Crippen molar-refractivity contribution in [3.63, 3.8) is 0 Å². The zero-order valence-electron chi connectivity index (χ0n) is 6.13. The zero-order chi connectivity index (χ0) is 8.27. The minimum absolute atomic E-state index is 0.484. The van der Waals surface area contributed by atoms with Gasteiger partial charge in [-0.1, -0.05) is 18.5 Å². The number of nitrogens with zero attached hydrogens (tertiary/aromatic N) is 2. The normalized spacial score (nSPS) is 9.18. The summed E-state index contributed by atoms with van der Waals surface area (Å²) in [4.78, 5) is 4.02. The van der Waals surface area contributed by atoms with Crippen molar-refractivity contribution in [3.05, 3.63) is 28.5 Å². The van der Waals surface area contributed by atoms with E-state index in [1.165, 1.54) is 0 Å². The van der Waals surface area contributed by atoms with Crippen LogP contribution in [-0.4, -0.2) is 4.98 Å². The SMILES string of the molecule is CCc1nccc(C#N)c1Cl. The number of halogens is 1. The van der Waals surface area contributed by atoms with E-state index in [4.69, 9.17) is 16.9 Å². The van der Waals surface area contributed by atoms with E-state index in [9.17, 15) is 0 Å². The Labute approximate surface area is 70.4 Å². The zero-order valence-corrected chi connectivity index (χ0v) is 6.89. The van der Waals surface area contributed by atoms with Gasteiger partial charge in [0, 0.05) is 6.20 Å². The summed E-state index contributed by atoms with van der Waals surface area (Å²) in [6, 6.07) is 3.61. The third-order valence-corrected chi connectivity index (χ3v) is 1.84. The molecule has 0 aliphatic rings. The lowest BCUT2D eigenvalue weighted by Crippen LogP contribution is -1.90. The van der Waals surface area contributed by atoms with Crippen LogP contribution in [0.1, 0.15) is 18.2 Å². The van der Waals surface area contributed by atoms with Crippen LogP contribution in [0.25, 0.3) is 0 Å². The first-order valence-electron chi connectivity index (χ1n) is 3.33. The summed E-state index contributed by atoms with van der Waals surface area (Å²) in [7, 11) is 0. The molecule has 0 aliphatic carbocycles. The van der Waals surface area contributed by atoms with Crippen LogP contribution < -0.4 is 0 Å². The molecule has 0 spiro atoms. The number of nitriles is 1. The molecule has 0 saturated heterocycles. The lowest BCUT2D eigenvalue weighted by Gasteiger charge is -1.98. The number of hydrogen-bond donors (Lipinski definition) is 0. The summed E-state index contributed by atoms with van der Waals surface area (Å²) in [6.45, 7) is 1.95. The van der Waals surface area contributed by atoms with E-state index in [1.54, 1.807) is 12.3 Å². The average Bonchev–Trinajstić information content (AvgIpc) is 2.05. The number of rotatable bonds is 1. The van der Waals surface area contributed by atoms with Gasteiger partial charge in [-0.3, -0.25) is 4.98 Å². The molecule has 0 aromatic carbocycles. The second-order valence-corrected chi connectivity index (χ2v) is 2.46. The van der Waals surface area contributed by atoms with E-state index in [1.807, 2.05) is 13.0 Å². The Morgan fingerprint density at radius 1 is 1.73 bits per heavy atom. The molecule has 1 aromatic rings. The fourth-order valence-electron chi connectivity index (χ4n) is 0.820. The molecule has 0 atom stereocenters. The molecule has 0 radical (unpaired) electrons. The Hall–Kier alpha value is -1.07. The highest BCUT2D eigenvalue weighted by Crippen LogP contribution is 2.17. The molecular weight excluding hydrogens is 160 g/mol.